The first-order valence-electron chi connectivity index (χ1n) is 5.74. The number of hydrogen-bond acceptors (Lipinski definition) is 4. The molecule has 1 atom stereocenters. The van der Waals surface area contributed by atoms with E-state index in [-0.39, 0.29) is 17.4 Å². The number of nitrogens with zero attached hydrogens (tertiary/aromatic N) is 3. The molecule has 0 radical (unpaired) electrons. The number of rotatable bonds is 1. The van der Waals surface area contributed by atoms with Gasteiger partial charge in [-0.15, -0.1) is 0 Å². The Kier molecular flexibility index (Phi) is 3.85. The lowest BCUT2D eigenvalue weighted by atomic mass is 10.0. The van der Waals surface area contributed by atoms with Crippen LogP contribution in [-0.2, 0) is 0 Å². The van der Waals surface area contributed by atoms with E-state index in [1.54, 1.807) is 12.1 Å². The Morgan fingerprint density at radius 3 is 2.53 bits per heavy atom. The Morgan fingerprint density at radius 2 is 1.95 bits per heavy atom. The maximum Gasteiger partial charge on any atom is 0.174 e. The van der Waals surface area contributed by atoms with Crippen molar-refractivity contribution in [2.75, 3.05) is 0 Å². The molecule has 0 saturated heterocycles. The molecule has 0 amide bonds. The smallest absolute Gasteiger partial charge is 0.174 e. The van der Waals surface area contributed by atoms with Crippen molar-refractivity contribution in [2.45, 2.75) is 19.4 Å². The third-order valence-electron chi connectivity index (χ3n) is 2.85. The zero-order valence-corrected chi connectivity index (χ0v) is 11.1. The fourth-order valence-corrected chi connectivity index (χ4v) is 2.07. The van der Waals surface area contributed by atoms with E-state index >= 15 is 0 Å². The van der Waals surface area contributed by atoms with Gasteiger partial charge >= 0.3 is 0 Å². The second kappa shape index (κ2) is 5.56. The number of halogens is 1. The second-order valence-electron chi connectivity index (χ2n) is 4.25. The van der Waals surface area contributed by atoms with Crippen molar-refractivity contribution < 1.29 is 0 Å². The van der Waals surface area contributed by atoms with Gasteiger partial charge in [0.05, 0.1) is 6.04 Å². The van der Waals surface area contributed by atoms with Crippen molar-refractivity contribution in [3.05, 3.63) is 46.2 Å². The first-order valence-corrected chi connectivity index (χ1v) is 6.12. The van der Waals surface area contributed by atoms with Crippen LogP contribution in [0.4, 0.5) is 0 Å². The molecule has 1 aliphatic rings. The van der Waals surface area contributed by atoms with E-state index in [0.29, 0.717) is 11.4 Å². The van der Waals surface area contributed by atoms with Crippen molar-refractivity contribution in [2.24, 2.45) is 4.99 Å². The maximum atomic E-state index is 9.10. The molecule has 0 bridgehead atoms. The Balaban J connectivity index is 2.39. The van der Waals surface area contributed by atoms with Crippen LogP contribution >= 0.6 is 11.6 Å². The lowest BCUT2D eigenvalue weighted by Crippen LogP contribution is -2.21. The highest BCUT2D eigenvalue weighted by atomic mass is 35.5. The minimum Gasteiger partial charge on any atom is -0.367 e. The molecule has 1 aliphatic heterocycles. The molecule has 4 nitrogen and oxygen atoms in total. The molecule has 19 heavy (non-hydrogen) atoms. The van der Waals surface area contributed by atoms with E-state index in [1.807, 2.05) is 31.2 Å². The van der Waals surface area contributed by atoms with Crippen molar-refractivity contribution >= 4 is 17.3 Å². The molecule has 0 saturated carbocycles. The molecule has 0 aliphatic carbocycles. The van der Waals surface area contributed by atoms with Crippen LogP contribution in [0.1, 0.15) is 24.9 Å². The SMILES string of the molecule is CC1=NC(C#N)=C(C#N)NC(c2ccc(Cl)cc2)C1. The highest BCUT2D eigenvalue weighted by Crippen LogP contribution is 2.24. The normalized spacial score (nSPS) is 18.7. The van der Waals surface area contributed by atoms with Gasteiger partial charge in [-0.1, -0.05) is 23.7 Å². The molecule has 2 rings (SSSR count). The van der Waals surface area contributed by atoms with E-state index in [9.17, 15) is 0 Å². The Labute approximate surface area is 116 Å². The van der Waals surface area contributed by atoms with E-state index in [2.05, 4.69) is 10.3 Å². The van der Waals surface area contributed by atoms with Crippen LogP contribution in [0.3, 0.4) is 0 Å². The Bertz CT molecular complexity index is 629. The molecule has 0 aromatic heterocycles. The number of benzene rings is 1. The van der Waals surface area contributed by atoms with Gasteiger partial charge in [0, 0.05) is 17.2 Å². The largest absolute Gasteiger partial charge is 0.367 e. The quantitative estimate of drug-likeness (QED) is 0.852. The van der Waals surface area contributed by atoms with E-state index < -0.39 is 0 Å². The van der Waals surface area contributed by atoms with Crippen LogP contribution in [0.15, 0.2) is 40.7 Å². The monoisotopic (exact) mass is 270 g/mol. The molecule has 1 heterocycles. The summed E-state index contributed by atoms with van der Waals surface area (Å²) in [5.41, 5.74) is 2.16. The number of hydrogen-bond donors (Lipinski definition) is 1. The summed E-state index contributed by atoms with van der Waals surface area (Å²) in [6.45, 7) is 1.85. The van der Waals surface area contributed by atoms with Crippen molar-refractivity contribution in [3.8, 4) is 12.1 Å². The van der Waals surface area contributed by atoms with Gasteiger partial charge in [-0.2, -0.15) is 10.5 Å². The van der Waals surface area contributed by atoms with Crippen LogP contribution in [0.5, 0.6) is 0 Å². The average Bonchev–Trinajstić information content (AvgIpc) is 2.58. The van der Waals surface area contributed by atoms with Gasteiger partial charge < -0.3 is 5.32 Å². The molecule has 0 fully saturated rings. The van der Waals surface area contributed by atoms with Crippen LogP contribution in [0.25, 0.3) is 0 Å². The summed E-state index contributed by atoms with van der Waals surface area (Å²) in [5, 5.41) is 21.8. The number of nitriles is 2. The van der Waals surface area contributed by atoms with Crippen LogP contribution in [-0.4, -0.2) is 5.71 Å². The zero-order valence-electron chi connectivity index (χ0n) is 10.3. The summed E-state index contributed by atoms with van der Waals surface area (Å²) < 4.78 is 0. The van der Waals surface area contributed by atoms with E-state index in [4.69, 9.17) is 22.1 Å². The lowest BCUT2D eigenvalue weighted by molar-refractivity contribution is 0.634. The highest BCUT2D eigenvalue weighted by molar-refractivity contribution is 6.30. The third-order valence-corrected chi connectivity index (χ3v) is 3.10. The predicted octanol–water partition coefficient (Wildman–Crippen LogP) is 3.09. The molecule has 5 heteroatoms. The molecule has 1 N–H and O–H groups in total. The first-order chi connectivity index (χ1) is 9.13. The summed E-state index contributed by atoms with van der Waals surface area (Å²) in [4.78, 5) is 4.16. The average molecular weight is 271 g/mol. The fourth-order valence-electron chi connectivity index (χ4n) is 1.94. The van der Waals surface area contributed by atoms with Crippen LogP contribution in [0.2, 0.25) is 5.02 Å². The Hall–Kier alpha value is -2.30. The molecular weight excluding hydrogens is 260 g/mol. The van der Waals surface area contributed by atoms with Crippen LogP contribution in [0, 0.1) is 22.7 Å². The molecule has 1 aromatic carbocycles. The minimum absolute atomic E-state index is 0.0819. The summed E-state index contributed by atoms with van der Waals surface area (Å²) in [6, 6.07) is 11.3. The fraction of sp³-hybridized carbons (Fsp3) is 0.214. The van der Waals surface area contributed by atoms with Gasteiger partial charge in [-0.05, 0) is 24.6 Å². The molecule has 1 aromatic rings. The molecular formula is C14H11ClN4. The topological polar surface area (TPSA) is 72.0 Å². The zero-order chi connectivity index (χ0) is 13.8. The van der Waals surface area contributed by atoms with Gasteiger partial charge in [0.15, 0.2) is 11.4 Å². The van der Waals surface area contributed by atoms with E-state index in [0.717, 1.165) is 11.3 Å². The standard InChI is InChI=1S/C14H11ClN4/c1-9-6-12(10-2-4-11(15)5-3-10)19-14(8-17)13(7-16)18-9/h2-5,12,19H,6H2,1H3. The Morgan fingerprint density at radius 1 is 1.26 bits per heavy atom. The summed E-state index contributed by atoms with van der Waals surface area (Å²) in [5.74, 6) is 0. The van der Waals surface area contributed by atoms with E-state index in [1.165, 1.54) is 0 Å². The summed E-state index contributed by atoms with van der Waals surface area (Å²) in [7, 11) is 0. The van der Waals surface area contributed by atoms with Crippen molar-refractivity contribution in [1.82, 2.24) is 5.32 Å². The number of aliphatic imine (C=N–C) groups is 1. The van der Waals surface area contributed by atoms with Gasteiger partial charge in [0.1, 0.15) is 12.1 Å². The molecule has 1 unspecified atom stereocenters. The predicted molar refractivity (Wildman–Crippen MR) is 73.3 cm³/mol. The van der Waals surface area contributed by atoms with Gasteiger partial charge in [0.2, 0.25) is 0 Å². The highest BCUT2D eigenvalue weighted by Gasteiger charge is 2.20. The molecule has 0 spiro atoms. The second-order valence-corrected chi connectivity index (χ2v) is 4.68. The lowest BCUT2D eigenvalue weighted by Gasteiger charge is -2.17. The number of allylic oxidation sites excluding steroid dienone is 2. The number of nitrogens with one attached hydrogen (secondary N) is 1. The van der Waals surface area contributed by atoms with Crippen molar-refractivity contribution in [1.29, 1.82) is 10.5 Å². The summed E-state index contributed by atoms with van der Waals surface area (Å²) >= 11 is 5.86. The maximum absolute atomic E-state index is 9.10. The minimum atomic E-state index is -0.0819. The first kappa shape index (κ1) is 13.1. The van der Waals surface area contributed by atoms with Gasteiger partial charge in [0.25, 0.3) is 0 Å². The van der Waals surface area contributed by atoms with Gasteiger partial charge in [-0.3, -0.25) is 0 Å². The summed E-state index contributed by atoms with van der Waals surface area (Å²) in [6.07, 6.45) is 0.637. The van der Waals surface area contributed by atoms with Gasteiger partial charge in [-0.25, -0.2) is 4.99 Å². The molecule has 94 valence electrons. The third kappa shape index (κ3) is 2.93. The van der Waals surface area contributed by atoms with Crippen LogP contribution < -0.4 is 5.32 Å². The van der Waals surface area contributed by atoms with Crippen molar-refractivity contribution in [3.63, 3.8) is 0 Å².